The van der Waals surface area contributed by atoms with E-state index >= 15 is 0 Å². The minimum atomic E-state index is 0.00935. The number of benzene rings is 1. The molecule has 0 saturated heterocycles. The third-order valence-corrected chi connectivity index (χ3v) is 6.43. The molecule has 2 heterocycles. The first-order chi connectivity index (χ1) is 11.6. The molecule has 124 valence electrons. The molecule has 3 nitrogen and oxygen atoms in total. The van der Waals surface area contributed by atoms with Crippen molar-refractivity contribution in [3.63, 3.8) is 0 Å². The molecule has 5 heteroatoms. The molecule has 1 saturated carbocycles. The SMILES string of the molecule is C[C@@H]1CCCC[C@H]1NC(=O)c1cc2c(Cl)nc3ccccc3c2s1. The third kappa shape index (κ3) is 2.78. The smallest absolute Gasteiger partial charge is 0.261 e. The number of amides is 1. The second-order valence-corrected chi connectivity index (χ2v) is 8.03. The van der Waals surface area contributed by atoms with E-state index in [1.807, 2.05) is 30.3 Å². The Bertz CT molecular complexity index is 920. The van der Waals surface area contributed by atoms with Crippen molar-refractivity contribution in [3.8, 4) is 0 Å². The Labute approximate surface area is 150 Å². The van der Waals surface area contributed by atoms with Crippen molar-refractivity contribution in [1.29, 1.82) is 0 Å². The van der Waals surface area contributed by atoms with Crippen LogP contribution < -0.4 is 5.32 Å². The molecule has 0 spiro atoms. The summed E-state index contributed by atoms with van der Waals surface area (Å²) >= 11 is 7.84. The maximum absolute atomic E-state index is 12.7. The number of para-hydroxylation sites is 1. The van der Waals surface area contributed by atoms with E-state index in [1.165, 1.54) is 30.6 Å². The number of carbonyl (C=O) groups is 1. The number of pyridine rings is 1. The Balaban J connectivity index is 1.70. The first kappa shape index (κ1) is 15.9. The van der Waals surface area contributed by atoms with Crippen molar-refractivity contribution in [1.82, 2.24) is 10.3 Å². The predicted octanol–water partition coefficient (Wildman–Crippen LogP) is 5.41. The number of thiophene rings is 1. The standard InChI is InChI=1S/C19H19ClN2OS/c1-11-6-2-4-8-14(11)22-19(23)16-10-13-17(24-16)12-7-3-5-9-15(12)21-18(13)20/h3,5,7,9-11,14H,2,4,6,8H2,1H3,(H,22,23)/t11-,14-/m1/s1. The molecule has 0 unspecified atom stereocenters. The van der Waals surface area contributed by atoms with Crippen LogP contribution in [0.15, 0.2) is 30.3 Å². The molecule has 1 aliphatic carbocycles. The topological polar surface area (TPSA) is 42.0 Å². The molecule has 0 aliphatic heterocycles. The summed E-state index contributed by atoms with van der Waals surface area (Å²) in [5.74, 6) is 0.554. The summed E-state index contributed by atoms with van der Waals surface area (Å²) in [6, 6.07) is 10.1. The van der Waals surface area contributed by atoms with E-state index in [0.29, 0.717) is 15.9 Å². The van der Waals surface area contributed by atoms with Crippen LogP contribution in [-0.4, -0.2) is 16.9 Å². The number of hydrogen-bond acceptors (Lipinski definition) is 3. The number of carbonyl (C=O) groups excluding carboxylic acids is 1. The zero-order chi connectivity index (χ0) is 16.7. The van der Waals surface area contributed by atoms with Crippen LogP contribution >= 0.6 is 22.9 Å². The maximum Gasteiger partial charge on any atom is 0.261 e. The van der Waals surface area contributed by atoms with Crippen molar-refractivity contribution in [3.05, 3.63) is 40.4 Å². The van der Waals surface area contributed by atoms with Crippen LogP contribution in [0.2, 0.25) is 5.15 Å². The summed E-state index contributed by atoms with van der Waals surface area (Å²) in [6.45, 7) is 2.23. The highest BCUT2D eigenvalue weighted by Crippen LogP contribution is 2.36. The van der Waals surface area contributed by atoms with E-state index in [0.717, 1.165) is 27.4 Å². The zero-order valence-corrected chi connectivity index (χ0v) is 15.1. The van der Waals surface area contributed by atoms with Crippen LogP contribution in [0.5, 0.6) is 0 Å². The van der Waals surface area contributed by atoms with Gasteiger partial charge in [-0.05, 0) is 30.9 Å². The molecule has 24 heavy (non-hydrogen) atoms. The number of rotatable bonds is 2. The predicted molar refractivity (Wildman–Crippen MR) is 101 cm³/mol. The fourth-order valence-electron chi connectivity index (χ4n) is 3.56. The molecule has 1 aromatic carbocycles. The highest BCUT2D eigenvalue weighted by molar-refractivity contribution is 7.21. The van der Waals surface area contributed by atoms with Gasteiger partial charge in [0.15, 0.2) is 0 Å². The van der Waals surface area contributed by atoms with E-state index in [9.17, 15) is 4.79 Å². The van der Waals surface area contributed by atoms with E-state index in [-0.39, 0.29) is 11.9 Å². The van der Waals surface area contributed by atoms with Gasteiger partial charge < -0.3 is 5.32 Å². The summed E-state index contributed by atoms with van der Waals surface area (Å²) in [7, 11) is 0. The van der Waals surface area contributed by atoms with Crippen molar-refractivity contribution >= 4 is 49.8 Å². The van der Waals surface area contributed by atoms with Crippen molar-refractivity contribution in [2.45, 2.75) is 38.6 Å². The van der Waals surface area contributed by atoms with Crippen LogP contribution in [0.3, 0.4) is 0 Å². The van der Waals surface area contributed by atoms with E-state index < -0.39 is 0 Å². The normalized spacial score (nSPS) is 21.2. The van der Waals surface area contributed by atoms with Gasteiger partial charge in [-0.2, -0.15) is 0 Å². The third-order valence-electron chi connectivity index (χ3n) is 4.97. The van der Waals surface area contributed by atoms with E-state index in [2.05, 4.69) is 17.2 Å². The molecule has 1 N–H and O–H groups in total. The lowest BCUT2D eigenvalue weighted by molar-refractivity contribution is 0.0914. The molecule has 1 amide bonds. The molecular weight excluding hydrogens is 340 g/mol. The van der Waals surface area contributed by atoms with Gasteiger partial charge in [-0.3, -0.25) is 4.79 Å². The summed E-state index contributed by atoms with van der Waals surface area (Å²) in [5.41, 5.74) is 0.865. The lowest BCUT2D eigenvalue weighted by atomic mass is 9.86. The fraction of sp³-hybridized carbons (Fsp3) is 0.368. The molecule has 1 aliphatic rings. The molecule has 3 aromatic rings. The molecule has 2 aromatic heterocycles. The van der Waals surface area contributed by atoms with E-state index in [1.54, 1.807) is 0 Å². The van der Waals surface area contributed by atoms with Crippen molar-refractivity contribution in [2.24, 2.45) is 5.92 Å². The summed E-state index contributed by atoms with van der Waals surface area (Å²) in [5, 5.41) is 5.60. The van der Waals surface area contributed by atoms with Gasteiger partial charge in [0.2, 0.25) is 0 Å². The van der Waals surface area contributed by atoms with Crippen LogP contribution in [-0.2, 0) is 0 Å². The van der Waals surface area contributed by atoms with Gasteiger partial charge in [0.05, 0.1) is 10.4 Å². The average molecular weight is 359 g/mol. The quantitative estimate of drug-likeness (QED) is 0.622. The molecule has 4 rings (SSSR count). The molecule has 0 bridgehead atoms. The van der Waals surface area contributed by atoms with Gasteiger partial charge in [0, 0.05) is 21.5 Å². The first-order valence-corrected chi connectivity index (χ1v) is 9.61. The van der Waals surface area contributed by atoms with Crippen LogP contribution in [0, 0.1) is 5.92 Å². The lowest BCUT2D eigenvalue weighted by Crippen LogP contribution is -2.40. The average Bonchev–Trinajstić information content (AvgIpc) is 3.03. The molecule has 1 fully saturated rings. The van der Waals surface area contributed by atoms with Gasteiger partial charge in [-0.15, -0.1) is 11.3 Å². The zero-order valence-electron chi connectivity index (χ0n) is 13.5. The van der Waals surface area contributed by atoms with Gasteiger partial charge >= 0.3 is 0 Å². The number of nitrogens with zero attached hydrogens (tertiary/aromatic N) is 1. The fourth-order valence-corrected chi connectivity index (χ4v) is 4.95. The van der Waals surface area contributed by atoms with Crippen LogP contribution in [0.1, 0.15) is 42.3 Å². The Morgan fingerprint density at radius 3 is 2.88 bits per heavy atom. The monoisotopic (exact) mass is 358 g/mol. The van der Waals surface area contributed by atoms with E-state index in [4.69, 9.17) is 11.6 Å². The minimum absolute atomic E-state index is 0.00935. The number of aromatic nitrogens is 1. The molecule has 2 atom stereocenters. The Kier molecular flexibility index (Phi) is 4.19. The van der Waals surface area contributed by atoms with Gasteiger partial charge in [0.1, 0.15) is 5.15 Å². The van der Waals surface area contributed by atoms with Crippen molar-refractivity contribution < 1.29 is 4.79 Å². The van der Waals surface area contributed by atoms with Gasteiger partial charge in [0.25, 0.3) is 5.91 Å². The number of nitrogens with one attached hydrogen (secondary N) is 1. The summed E-state index contributed by atoms with van der Waals surface area (Å²) < 4.78 is 1.03. The Hall–Kier alpha value is -1.65. The number of fused-ring (bicyclic) bond motifs is 3. The minimum Gasteiger partial charge on any atom is -0.348 e. The highest BCUT2D eigenvalue weighted by Gasteiger charge is 2.24. The highest BCUT2D eigenvalue weighted by atomic mass is 35.5. The van der Waals surface area contributed by atoms with Crippen LogP contribution in [0.25, 0.3) is 21.0 Å². The van der Waals surface area contributed by atoms with Gasteiger partial charge in [-0.1, -0.05) is 49.6 Å². The Morgan fingerprint density at radius 1 is 1.25 bits per heavy atom. The molecule has 0 radical (unpaired) electrons. The van der Waals surface area contributed by atoms with Gasteiger partial charge in [-0.25, -0.2) is 4.98 Å². The number of halogens is 1. The molecular formula is C19H19ClN2OS. The van der Waals surface area contributed by atoms with Crippen LogP contribution in [0.4, 0.5) is 0 Å². The second-order valence-electron chi connectivity index (χ2n) is 6.61. The maximum atomic E-state index is 12.7. The number of hydrogen-bond donors (Lipinski definition) is 1. The second kappa shape index (κ2) is 6.34. The Morgan fingerprint density at radius 2 is 2.04 bits per heavy atom. The lowest BCUT2D eigenvalue weighted by Gasteiger charge is -2.29. The first-order valence-electron chi connectivity index (χ1n) is 8.42. The summed E-state index contributed by atoms with van der Waals surface area (Å²) in [4.78, 5) is 17.9. The van der Waals surface area contributed by atoms with Crippen molar-refractivity contribution in [2.75, 3.05) is 0 Å². The largest absolute Gasteiger partial charge is 0.348 e. The summed E-state index contributed by atoms with van der Waals surface area (Å²) in [6.07, 6.45) is 4.73.